The molecule has 27 heavy (non-hydrogen) atoms. The third kappa shape index (κ3) is 3.97. The molecule has 1 heterocycles. The highest BCUT2D eigenvalue weighted by molar-refractivity contribution is 6.00. The van der Waals surface area contributed by atoms with E-state index in [0.29, 0.717) is 11.3 Å². The Morgan fingerprint density at radius 1 is 1.26 bits per heavy atom. The van der Waals surface area contributed by atoms with E-state index in [1.807, 2.05) is 37.3 Å². The van der Waals surface area contributed by atoms with Crippen LogP contribution in [0.25, 0.3) is 0 Å². The van der Waals surface area contributed by atoms with Crippen molar-refractivity contribution in [3.8, 4) is 0 Å². The Hall–Kier alpha value is -3.22. The lowest BCUT2D eigenvalue weighted by Crippen LogP contribution is -2.34. The number of carbonyl (C=O) groups excluding carboxylic acids is 2. The van der Waals surface area contributed by atoms with Gasteiger partial charge in [0.25, 0.3) is 5.69 Å². The molecule has 1 N–H and O–H groups in total. The molecule has 0 radical (unpaired) electrons. The molecule has 1 aliphatic heterocycles. The second kappa shape index (κ2) is 7.57. The van der Waals surface area contributed by atoms with E-state index in [0.717, 1.165) is 5.56 Å². The summed E-state index contributed by atoms with van der Waals surface area (Å²) in [6.07, 6.45) is 0.0923. The van der Waals surface area contributed by atoms with Gasteiger partial charge in [-0.25, -0.2) is 0 Å². The maximum absolute atomic E-state index is 12.6. The van der Waals surface area contributed by atoms with Gasteiger partial charge in [0.1, 0.15) is 0 Å². The average molecular weight is 367 g/mol. The minimum absolute atomic E-state index is 0.0362. The lowest BCUT2D eigenvalue weighted by molar-refractivity contribution is -0.385. The number of nitrogens with zero attached hydrogens (tertiary/aromatic N) is 2. The number of rotatable bonds is 5. The summed E-state index contributed by atoms with van der Waals surface area (Å²) in [5, 5.41) is 14.1. The Morgan fingerprint density at radius 3 is 2.63 bits per heavy atom. The van der Waals surface area contributed by atoms with Gasteiger partial charge in [-0.3, -0.25) is 19.7 Å². The molecule has 140 valence electrons. The monoisotopic (exact) mass is 367 g/mol. The van der Waals surface area contributed by atoms with Crippen LogP contribution in [0.1, 0.15) is 30.5 Å². The van der Waals surface area contributed by atoms with E-state index >= 15 is 0 Å². The summed E-state index contributed by atoms with van der Waals surface area (Å²) in [4.78, 5) is 37.1. The molecule has 0 aliphatic carbocycles. The van der Waals surface area contributed by atoms with Crippen LogP contribution in [-0.4, -0.2) is 23.3 Å². The number of anilines is 1. The topological polar surface area (TPSA) is 92.6 Å². The van der Waals surface area contributed by atoms with E-state index in [2.05, 4.69) is 5.32 Å². The average Bonchev–Trinajstić information content (AvgIpc) is 3.04. The molecule has 7 heteroatoms. The van der Waals surface area contributed by atoms with E-state index in [-0.39, 0.29) is 36.5 Å². The zero-order valence-corrected chi connectivity index (χ0v) is 15.2. The fourth-order valence-corrected chi connectivity index (χ4v) is 3.25. The molecule has 0 saturated carbocycles. The van der Waals surface area contributed by atoms with E-state index < -0.39 is 10.8 Å². The second-order valence-electron chi connectivity index (χ2n) is 6.77. The Morgan fingerprint density at radius 2 is 1.96 bits per heavy atom. The van der Waals surface area contributed by atoms with Crippen molar-refractivity contribution in [1.82, 2.24) is 5.32 Å². The van der Waals surface area contributed by atoms with E-state index in [4.69, 9.17) is 0 Å². The molecule has 1 aliphatic rings. The van der Waals surface area contributed by atoms with Crippen LogP contribution in [-0.2, 0) is 9.59 Å². The highest BCUT2D eigenvalue weighted by atomic mass is 16.6. The molecule has 0 unspecified atom stereocenters. The smallest absolute Gasteiger partial charge is 0.274 e. The van der Waals surface area contributed by atoms with Crippen LogP contribution in [0.2, 0.25) is 0 Å². The van der Waals surface area contributed by atoms with Gasteiger partial charge in [0.05, 0.1) is 22.6 Å². The molecule has 0 spiro atoms. The van der Waals surface area contributed by atoms with Crippen molar-refractivity contribution < 1.29 is 14.5 Å². The third-order valence-electron chi connectivity index (χ3n) is 4.86. The first-order valence-corrected chi connectivity index (χ1v) is 8.77. The summed E-state index contributed by atoms with van der Waals surface area (Å²) < 4.78 is 0. The Balaban J connectivity index is 1.71. The van der Waals surface area contributed by atoms with Gasteiger partial charge in [0, 0.05) is 24.6 Å². The van der Waals surface area contributed by atoms with E-state index in [1.165, 1.54) is 11.0 Å². The van der Waals surface area contributed by atoms with Crippen molar-refractivity contribution in [3.05, 3.63) is 69.8 Å². The van der Waals surface area contributed by atoms with Gasteiger partial charge < -0.3 is 10.2 Å². The number of benzene rings is 2. The number of nitrogens with one attached hydrogen (secondary N) is 1. The van der Waals surface area contributed by atoms with Crippen molar-refractivity contribution in [3.63, 3.8) is 0 Å². The Bertz CT molecular complexity index is 882. The molecular weight excluding hydrogens is 346 g/mol. The maximum Gasteiger partial charge on any atom is 0.274 e. The molecule has 2 amide bonds. The van der Waals surface area contributed by atoms with Gasteiger partial charge in [-0.15, -0.1) is 0 Å². The van der Waals surface area contributed by atoms with Gasteiger partial charge in [-0.05, 0) is 25.5 Å². The Labute approximate surface area is 157 Å². The number of aryl methyl sites for hydroxylation is 1. The molecule has 0 aromatic heterocycles. The van der Waals surface area contributed by atoms with Crippen molar-refractivity contribution in [2.75, 3.05) is 11.4 Å². The van der Waals surface area contributed by atoms with Crippen molar-refractivity contribution in [1.29, 1.82) is 0 Å². The van der Waals surface area contributed by atoms with Crippen molar-refractivity contribution in [2.24, 2.45) is 5.92 Å². The third-order valence-corrected chi connectivity index (χ3v) is 4.86. The molecule has 3 rings (SSSR count). The zero-order valence-electron chi connectivity index (χ0n) is 15.2. The molecule has 7 nitrogen and oxygen atoms in total. The highest BCUT2D eigenvalue weighted by Gasteiger charge is 2.36. The van der Waals surface area contributed by atoms with Gasteiger partial charge in [-0.1, -0.05) is 36.4 Å². The molecule has 1 saturated heterocycles. The predicted molar refractivity (Wildman–Crippen MR) is 101 cm³/mol. The van der Waals surface area contributed by atoms with Crippen LogP contribution in [0.5, 0.6) is 0 Å². The summed E-state index contributed by atoms with van der Waals surface area (Å²) in [7, 11) is 0. The minimum atomic E-state index is -0.482. The normalized spacial score (nSPS) is 17.6. The first-order valence-electron chi connectivity index (χ1n) is 8.77. The van der Waals surface area contributed by atoms with Gasteiger partial charge in [0.15, 0.2) is 0 Å². The number of nitro groups is 1. The first-order chi connectivity index (χ1) is 12.9. The summed E-state index contributed by atoms with van der Waals surface area (Å²) in [6.45, 7) is 3.76. The number of hydrogen-bond donors (Lipinski definition) is 1. The lowest BCUT2D eigenvalue weighted by Gasteiger charge is -2.19. The molecule has 2 atom stereocenters. The summed E-state index contributed by atoms with van der Waals surface area (Å²) in [6, 6.07) is 14.1. The van der Waals surface area contributed by atoms with Crippen LogP contribution < -0.4 is 10.2 Å². The molecule has 2 aromatic carbocycles. The lowest BCUT2D eigenvalue weighted by atomic mass is 10.1. The van der Waals surface area contributed by atoms with Crippen molar-refractivity contribution in [2.45, 2.75) is 26.3 Å². The number of amides is 2. The molecule has 2 aromatic rings. The largest absolute Gasteiger partial charge is 0.349 e. The van der Waals surface area contributed by atoms with E-state index in [1.54, 1.807) is 19.1 Å². The SMILES string of the molecule is Cc1ccc(N2C[C@H](C(=O)N[C@@H](C)c3ccccc3)CC2=O)cc1[N+](=O)[O-]. The maximum atomic E-state index is 12.6. The summed E-state index contributed by atoms with van der Waals surface area (Å²) in [5.41, 5.74) is 1.93. The van der Waals surface area contributed by atoms with Crippen LogP contribution in [0.15, 0.2) is 48.5 Å². The zero-order chi connectivity index (χ0) is 19.6. The van der Waals surface area contributed by atoms with Gasteiger partial charge in [0.2, 0.25) is 11.8 Å². The summed E-state index contributed by atoms with van der Waals surface area (Å²) in [5.74, 6) is -0.881. The van der Waals surface area contributed by atoms with Crippen LogP contribution in [0.4, 0.5) is 11.4 Å². The van der Waals surface area contributed by atoms with Crippen molar-refractivity contribution >= 4 is 23.2 Å². The van der Waals surface area contributed by atoms with Gasteiger partial charge >= 0.3 is 0 Å². The second-order valence-corrected chi connectivity index (χ2v) is 6.77. The van der Waals surface area contributed by atoms with Gasteiger partial charge in [-0.2, -0.15) is 0 Å². The standard InChI is InChI=1S/C20H21N3O4/c1-13-8-9-17(11-18(13)23(26)27)22-12-16(10-19(22)24)20(25)21-14(2)15-6-4-3-5-7-15/h3-9,11,14,16H,10,12H2,1-2H3,(H,21,25)/t14-,16+/m0/s1. The van der Waals surface area contributed by atoms with E-state index in [9.17, 15) is 19.7 Å². The van der Waals surface area contributed by atoms with Crippen LogP contribution in [0, 0.1) is 23.0 Å². The predicted octanol–water partition coefficient (Wildman–Crippen LogP) is 3.13. The molecular formula is C20H21N3O4. The van der Waals surface area contributed by atoms with Crippen LogP contribution >= 0.6 is 0 Å². The minimum Gasteiger partial charge on any atom is -0.349 e. The number of hydrogen-bond acceptors (Lipinski definition) is 4. The molecule has 1 fully saturated rings. The fraction of sp³-hybridized carbons (Fsp3) is 0.300. The van der Waals surface area contributed by atoms with Crippen LogP contribution in [0.3, 0.4) is 0 Å². The number of carbonyl (C=O) groups is 2. The fourth-order valence-electron chi connectivity index (χ4n) is 3.25. The molecule has 0 bridgehead atoms. The Kier molecular flexibility index (Phi) is 5.21. The number of nitro benzene ring substituents is 1. The quantitative estimate of drug-likeness (QED) is 0.649. The summed E-state index contributed by atoms with van der Waals surface area (Å²) >= 11 is 0. The highest BCUT2D eigenvalue weighted by Crippen LogP contribution is 2.30. The first kappa shape index (κ1) is 18.6.